The van der Waals surface area contributed by atoms with Gasteiger partial charge in [0.25, 0.3) is 0 Å². The van der Waals surface area contributed by atoms with Gasteiger partial charge in [0.2, 0.25) is 0 Å². The maximum Gasteiger partial charge on any atom is 0.145 e. The fourth-order valence-corrected chi connectivity index (χ4v) is 3.13. The van der Waals surface area contributed by atoms with E-state index < -0.39 is 0 Å². The van der Waals surface area contributed by atoms with E-state index in [9.17, 15) is 0 Å². The van der Waals surface area contributed by atoms with Gasteiger partial charge in [0, 0.05) is 12.6 Å². The van der Waals surface area contributed by atoms with Crippen molar-refractivity contribution in [1.29, 1.82) is 0 Å². The van der Waals surface area contributed by atoms with Gasteiger partial charge in [0.1, 0.15) is 11.5 Å². The maximum atomic E-state index is 6.17. The molecule has 1 aliphatic carbocycles. The van der Waals surface area contributed by atoms with E-state index in [1.165, 1.54) is 38.5 Å². The van der Waals surface area contributed by atoms with Crippen LogP contribution in [0.15, 0.2) is 12.1 Å². The first-order valence-corrected chi connectivity index (χ1v) is 7.77. The molecule has 3 nitrogen and oxygen atoms in total. The Balaban J connectivity index is 1.92. The minimum atomic E-state index is 0.605. The van der Waals surface area contributed by atoms with Crippen molar-refractivity contribution in [3.05, 3.63) is 17.2 Å². The fourth-order valence-electron chi connectivity index (χ4n) is 2.88. The van der Waals surface area contributed by atoms with E-state index >= 15 is 0 Å². The normalized spacial score (nSPS) is 15.9. The summed E-state index contributed by atoms with van der Waals surface area (Å²) < 4.78 is 10.6. The lowest BCUT2D eigenvalue weighted by Crippen LogP contribution is -2.12. The van der Waals surface area contributed by atoms with Gasteiger partial charge in [-0.3, -0.25) is 0 Å². The number of nitrogens with one attached hydrogen (secondary N) is 1. The summed E-state index contributed by atoms with van der Waals surface area (Å²) in [7, 11) is 3.27. The monoisotopic (exact) mass is 297 g/mol. The van der Waals surface area contributed by atoms with Crippen LogP contribution in [0.2, 0.25) is 5.02 Å². The highest BCUT2D eigenvalue weighted by molar-refractivity contribution is 6.32. The summed E-state index contributed by atoms with van der Waals surface area (Å²) in [5.74, 6) is 2.28. The predicted octanol–water partition coefficient (Wildman–Crippen LogP) is 4.74. The quantitative estimate of drug-likeness (QED) is 0.822. The molecule has 2 rings (SSSR count). The van der Waals surface area contributed by atoms with Crippen molar-refractivity contribution in [3.63, 3.8) is 0 Å². The van der Waals surface area contributed by atoms with Crippen LogP contribution in [0.3, 0.4) is 0 Å². The number of rotatable bonds is 6. The number of halogens is 1. The zero-order chi connectivity index (χ0) is 14.4. The molecular formula is C16H24ClNO2. The van der Waals surface area contributed by atoms with Crippen LogP contribution in [0.5, 0.6) is 11.5 Å². The maximum absolute atomic E-state index is 6.17. The molecule has 1 N–H and O–H groups in total. The molecule has 0 amide bonds. The second kappa shape index (κ2) is 7.63. The van der Waals surface area contributed by atoms with Gasteiger partial charge in [-0.1, -0.05) is 43.7 Å². The summed E-state index contributed by atoms with van der Waals surface area (Å²) in [6.07, 6.45) is 8.16. The predicted molar refractivity (Wildman–Crippen MR) is 84.2 cm³/mol. The van der Waals surface area contributed by atoms with Crippen molar-refractivity contribution in [1.82, 2.24) is 0 Å². The second-order valence-corrected chi connectivity index (χ2v) is 5.81. The Kier molecular flexibility index (Phi) is 5.84. The summed E-state index contributed by atoms with van der Waals surface area (Å²) in [5, 5.41) is 4.04. The molecule has 0 unspecified atom stereocenters. The molecule has 1 fully saturated rings. The number of methoxy groups -OCH3 is 2. The highest BCUT2D eigenvalue weighted by atomic mass is 35.5. The highest BCUT2D eigenvalue weighted by Crippen LogP contribution is 2.36. The molecule has 0 saturated heterocycles. The van der Waals surface area contributed by atoms with Crippen LogP contribution in [-0.4, -0.2) is 20.8 Å². The third-order valence-corrected chi connectivity index (χ3v) is 4.36. The Morgan fingerprint density at radius 2 is 1.80 bits per heavy atom. The first kappa shape index (κ1) is 15.3. The van der Waals surface area contributed by atoms with Crippen LogP contribution < -0.4 is 14.8 Å². The van der Waals surface area contributed by atoms with Gasteiger partial charge in [-0.25, -0.2) is 0 Å². The largest absolute Gasteiger partial charge is 0.495 e. The topological polar surface area (TPSA) is 30.5 Å². The Morgan fingerprint density at radius 3 is 2.45 bits per heavy atom. The summed E-state index contributed by atoms with van der Waals surface area (Å²) >= 11 is 6.17. The lowest BCUT2D eigenvalue weighted by atomic mass is 9.87. The second-order valence-electron chi connectivity index (χ2n) is 5.41. The number of ether oxygens (including phenoxy) is 2. The molecule has 20 heavy (non-hydrogen) atoms. The molecular weight excluding hydrogens is 274 g/mol. The van der Waals surface area contributed by atoms with Gasteiger partial charge in [-0.15, -0.1) is 0 Å². The van der Waals surface area contributed by atoms with Crippen molar-refractivity contribution in [3.8, 4) is 11.5 Å². The molecule has 0 bridgehead atoms. The third kappa shape index (κ3) is 3.95. The zero-order valence-corrected chi connectivity index (χ0v) is 13.1. The van der Waals surface area contributed by atoms with Crippen LogP contribution >= 0.6 is 11.6 Å². The van der Waals surface area contributed by atoms with Crippen molar-refractivity contribution >= 4 is 17.3 Å². The SMILES string of the molecule is COc1cc(OC)c(NCCC2CCCCC2)cc1Cl. The first-order valence-electron chi connectivity index (χ1n) is 7.40. The molecule has 0 aromatic heterocycles. The van der Waals surface area contributed by atoms with Gasteiger partial charge in [-0.05, 0) is 18.4 Å². The molecule has 0 atom stereocenters. The van der Waals surface area contributed by atoms with Crippen LogP contribution in [0, 0.1) is 5.92 Å². The van der Waals surface area contributed by atoms with Crippen molar-refractivity contribution in [2.75, 3.05) is 26.1 Å². The fraction of sp³-hybridized carbons (Fsp3) is 0.625. The molecule has 1 aromatic carbocycles. The first-order chi connectivity index (χ1) is 9.74. The van der Waals surface area contributed by atoms with Crippen molar-refractivity contribution < 1.29 is 9.47 Å². The molecule has 4 heteroatoms. The lowest BCUT2D eigenvalue weighted by Gasteiger charge is -2.22. The van der Waals surface area contributed by atoms with Gasteiger partial charge >= 0.3 is 0 Å². The molecule has 112 valence electrons. The van der Waals surface area contributed by atoms with Gasteiger partial charge in [0.05, 0.1) is 24.9 Å². The Hall–Kier alpha value is -1.09. The summed E-state index contributed by atoms with van der Waals surface area (Å²) in [5.41, 5.74) is 0.939. The van der Waals surface area contributed by atoms with Crippen LogP contribution in [0.4, 0.5) is 5.69 Å². The lowest BCUT2D eigenvalue weighted by molar-refractivity contribution is 0.345. The molecule has 1 aromatic rings. The Bertz CT molecular complexity index is 431. The average molecular weight is 298 g/mol. The highest BCUT2D eigenvalue weighted by Gasteiger charge is 2.14. The Labute approximate surface area is 126 Å². The molecule has 0 heterocycles. The van der Waals surface area contributed by atoms with Crippen molar-refractivity contribution in [2.45, 2.75) is 38.5 Å². The molecule has 1 aliphatic rings. The Morgan fingerprint density at radius 1 is 1.10 bits per heavy atom. The summed E-state index contributed by atoms with van der Waals surface area (Å²) in [6.45, 7) is 0.962. The van der Waals surface area contributed by atoms with Gasteiger partial charge in [0.15, 0.2) is 0 Å². The van der Waals surface area contributed by atoms with Gasteiger partial charge < -0.3 is 14.8 Å². The van der Waals surface area contributed by atoms with E-state index in [0.29, 0.717) is 10.8 Å². The average Bonchev–Trinajstić information content (AvgIpc) is 2.48. The zero-order valence-electron chi connectivity index (χ0n) is 12.4. The summed E-state index contributed by atoms with van der Waals surface area (Å²) in [6, 6.07) is 3.70. The van der Waals surface area contributed by atoms with E-state index in [1.54, 1.807) is 14.2 Å². The van der Waals surface area contributed by atoms with Crippen LogP contribution in [0.1, 0.15) is 38.5 Å². The van der Waals surface area contributed by atoms with Gasteiger partial charge in [-0.2, -0.15) is 0 Å². The van der Waals surface area contributed by atoms with Crippen LogP contribution in [0.25, 0.3) is 0 Å². The molecule has 1 saturated carbocycles. The van der Waals surface area contributed by atoms with E-state index in [1.807, 2.05) is 12.1 Å². The van der Waals surface area contributed by atoms with E-state index in [-0.39, 0.29) is 0 Å². The number of hydrogen-bond acceptors (Lipinski definition) is 3. The number of hydrogen-bond donors (Lipinski definition) is 1. The number of benzene rings is 1. The van der Waals surface area contributed by atoms with E-state index in [4.69, 9.17) is 21.1 Å². The van der Waals surface area contributed by atoms with E-state index in [2.05, 4.69) is 5.32 Å². The third-order valence-electron chi connectivity index (χ3n) is 4.07. The molecule has 0 spiro atoms. The molecule has 0 aliphatic heterocycles. The minimum Gasteiger partial charge on any atom is -0.495 e. The standard InChI is InChI=1S/C16H24ClNO2/c1-19-15-11-16(20-2)14(10-13(15)17)18-9-8-12-6-4-3-5-7-12/h10-12,18H,3-9H2,1-2H3. The molecule has 0 radical (unpaired) electrons. The van der Waals surface area contributed by atoms with Crippen molar-refractivity contribution in [2.24, 2.45) is 5.92 Å². The van der Waals surface area contributed by atoms with Crippen LogP contribution in [-0.2, 0) is 0 Å². The summed E-state index contributed by atoms with van der Waals surface area (Å²) in [4.78, 5) is 0. The smallest absolute Gasteiger partial charge is 0.145 e. The minimum absolute atomic E-state index is 0.605. The van der Waals surface area contributed by atoms with E-state index in [0.717, 1.165) is 23.9 Å². The number of anilines is 1.